The molecule has 1 aromatic rings. The molecule has 204 valence electrons. The second-order valence-electron chi connectivity index (χ2n) is 11.5. The minimum absolute atomic E-state index is 0.0148. The molecule has 0 aromatic heterocycles. The summed E-state index contributed by atoms with van der Waals surface area (Å²) in [5, 5.41) is 10.4. The summed E-state index contributed by atoms with van der Waals surface area (Å²) >= 11 is 1.60. The van der Waals surface area contributed by atoms with Crippen molar-refractivity contribution in [3.63, 3.8) is 0 Å². The Morgan fingerprint density at radius 1 is 0.974 bits per heavy atom. The van der Waals surface area contributed by atoms with Gasteiger partial charge in [0.1, 0.15) is 6.04 Å². The van der Waals surface area contributed by atoms with Crippen molar-refractivity contribution in [1.29, 1.82) is 0 Å². The lowest BCUT2D eigenvalue weighted by Crippen LogP contribution is -2.57. The average molecular weight is 538 g/mol. The molecule has 6 atom stereocenters. The highest BCUT2D eigenvalue weighted by Crippen LogP contribution is 2.66. The van der Waals surface area contributed by atoms with Gasteiger partial charge in [0.05, 0.1) is 29.2 Å². The Balaban J connectivity index is 1.63. The summed E-state index contributed by atoms with van der Waals surface area (Å²) in [6, 6.07) is 8.55. The van der Waals surface area contributed by atoms with Gasteiger partial charge in [-0.25, -0.2) is 0 Å². The summed E-state index contributed by atoms with van der Waals surface area (Å²) in [6.45, 7) is 9.82. The van der Waals surface area contributed by atoms with Crippen molar-refractivity contribution in [3.05, 3.63) is 60.2 Å². The number of benzene rings is 1. The van der Waals surface area contributed by atoms with Gasteiger partial charge in [-0.05, 0) is 24.8 Å². The molecule has 8 heteroatoms. The molecule has 0 bridgehead atoms. The van der Waals surface area contributed by atoms with Gasteiger partial charge in [-0.2, -0.15) is 0 Å². The maximum absolute atomic E-state index is 14.5. The van der Waals surface area contributed by atoms with E-state index in [9.17, 15) is 19.5 Å². The summed E-state index contributed by atoms with van der Waals surface area (Å²) in [5.74, 6) is -1.64. The zero-order valence-corrected chi connectivity index (χ0v) is 23.6. The average Bonchev–Trinajstić information content (AvgIpc) is 3.16. The summed E-state index contributed by atoms with van der Waals surface area (Å²) in [4.78, 5) is 48.4. The topological polar surface area (TPSA) is 81.2 Å². The quantitative estimate of drug-likeness (QED) is 0.541. The number of hydrogen-bond acceptors (Lipinski definition) is 5. The highest BCUT2D eigenvalue weighted by atomic mass is 32.2. The van der Waals surface area contributed by atoms with E-state index in [4.69, 9.17) is 0 Å². The first-order valence-corrected chi connectivity index (χ1v) is 14.6. The minimum Gasteiger partial charge on any atom is -0.394 e. The van der Waals surface area contributed by atoms with Crippen LogP contribution in [-0.2, 0) is 20.9 Å². The SMILES string of the molecule is CCCN1CC=C[C@@]2(C)S[C@]34C=CCN(Cc5ccccc5)C(=O)C3N([C@@H](CO)C(C)C)C(=O)[C@@H]4[C@H]2C1=O. The summed E-state index contributed by atoms with van der Waals surface area (Å²) in [5.41, 5.74) is 1.02. The van der Waals surface area contributed by atoms with E-state index in [1.807, 2.05) is 81.2 Å². The van der Waals surface area contributed by atoms with Gasteiger partial charge >= 0.3 is 0 Å². The first-order chi connectivity index (χ1) is 18.2. The number of aliphatic hydroxyl groups is 1. The maximum Gasteiger partial charge on any atom is 0.247 e. The first-order valence-electron chi connectivity index (χ1n) is 13.8. The molecule has 2 saturated heterocycles. The Kier molecular flexibility index (Phi) is 7.24. The number of nitrogens with zero attached hydrogens (tertiary/aromatic N) is 3. The van der Waals surface area contributed by atoms with Crippen LogP contribution in [0.3, 0.4) is 0 Å². The third kappa shape index (κ3) is 4.11. The first kappa shape index (κ1) is 27.0. The second kappa shape index (κ2) is 10.2. The number of thioether (sulfide) groups is 1. The number of carbonyl (C=O) groups is 3. The Bertz CT molecular complexity index is 1150. The molecule has 0 radical (unpaired) electrons. The van der Waals surface area contributed by atoms with E-state index in [1.54, 1.807) is 21.6 Å². The van der Waals surface area contributed by atoms with Gasteiger partial charge in [-0.15, -0.1) is 11.8 Å². The van der Waals surface area contributed by atoms with E-state index in [0.717, 1.165) is 12.0 Å². The van der Waals surface area contributed by atoms with Crippen LogP contribution in [-0.4, -0.2) is 85.3 Å². The zero-order valence-electron chi connectivity index (χ0n) is 22.7. The van der Waals surface area contributed by atoms with Crippen LogP contribution < -0.4 is 0 Å². The van der Waals surface area contributed by atoms with Gasteiger partial charge in [0.25, 0.3) is 0 Å². The molecule has 5 rings (SSSR count). The number of hydrogen-bond donors (Lipinski definition) is 1. The summed E-state index contributed by atoms with van der Waals surface area (Å²) in [6.07, 6.45) is 9.03. The monoisotopic (exact) mass is 537 g/mol. The van der Waals surface area contributed by atoms with Crippen LogP contribution in [0, 0.1) is 17.8 Å². The second-order valence-corrected chi connectivity index (χ2v) is 13.3. The van der Waals surface area contributed by atoms with Crippen molar-refractivity contribution < 1.29 is 19.5 Å². The van der Waals surface area contributed by atoms with Crippen LogP contribution >= 0.6 is 11.8 Å². The standard InChI is InChI=1S/C30H39N3O4S/c1-5-15-31-16-9-13-29(4)23(26(31)35)24-27(36)33(22(19-34)20(2)3)25-28(37)32(17-10-14-30(24,25)38-29)18-21-11-7-6-8-12-21/h6-14,20,22-25,34H,5,15-19H2,1-4H3/t22-,23-,24-,25?,29+,30-/m0/s1. The van der Waals surface area contributed by atoms with E-state index in [2.05, 4.69) is 6.08 Å². The maximum atomic E-state index is 14.5. The molecule has 2 fully saturated rings. The van der Waals surface area contributed by atoms with Crippen molar-refractivity contribution in [2.75, 3.05) is 26.2 Å². The van der Waals surface area contributed by atoms with Crippen LogP contribution in [0.4, 0.5) is 0 Å². The number of carbonyl (C=O) groups excluding carboxylic acids is 3. The molecule has 0 saturated carbocycles. The Morgan fingerprint density at radius 2 is 1.66 bits per heavy atom. The van der Waals surface area contributed by atoms with Crippen LogP contribution in [0.15, 0.2) is 54.6 Å². The summed E-state index contributed by atoms with van der Waals surface area (Å²) in [7, 11) is 0. The van der Waals surface area contributed by atoms with Gasteiger partial charge in [0, 0.05) is 30.9 Å². The molecule has 4 heterocycles. The van der Waals surface area contributed by atoms with E-state index < -0.39 is 33.4 Å². The fourth-order valence-corrected chi connectivity index (χ4v) is 9.10. The molecule has 0 aliphatic carbocycles. The molecule has 1 unspecified atom stereocenters. The molecule has 3 amide bonds. The molecule has 4 aliphatic heterocycles. The molecule has 7 nitrogen and oxygen atoms in total. The van der Waals surface area contributed by atoms with E-state index >= 15 is 0 Å². The van der Waals surface area contributed by atoms with Gasteiger partial charge in [0.2, 0.25) is 17.7 Å². The summed E-state index contributed by atoms with van der Waals surface area (Å²) < 4.78 is -1.51. The number of rotatable bonds is 7. The van der Waals surface area contributed by atoms with Crippen LogP contribution in [0.5, 0.6) is 0 Å². The van der Waals surface area contributed by atoms with Crippen molar-refractivity contribution in [3.8, 4) is 0 Å². The number of amides is 3. The Labute approximate surface area is 229 Å². The minimum atomic E-state index is -0.892. The van der Waals surface area contributed by atoms with Crippen molar-refractivity contribution >= 4 is 29.5 Å². The zero-order chi connectivity index (χ0) is 27.2. The molecule has 1 aromatic carbocycles. The number of likely N-dealkylation sites (tertiary alicyclic amines) is 1. The molecular weight excluding hydrogens is 498 g/mol. The van der Waals surface area contributed by atoms with Crippen LogP contribution in [0.2, 0.25) is 0 Å². The molecule has 1 spiro atoms. The van der Waals surface area contributed by atoms with Gasteiger partial charge in [-0.1, -0.05) is 75.4 Å². The van der Waals surface area contributed by atoms with E-state index in [-0.39, 0.29) is 30.2 Å². The van der Waals surface area contributed by atoms with Gasteiger partial charge in [0.15, 0.2) is 0 Å². The number of aliphatic hydroxyl groups excluding tert-OH is 1. The largest absolute Gasteiger partial charge is 0.394 e. The highest BCUT2D eigenvalue weighted by molar-refractivity contribution is 8.02. The van der Waals surface area contributed by atoms with E-state index in [1.165, 1.54) is 0 Å². The van der Waals surface area contributed by atoms with Crippen molar-refractivity contribution in [1.82, 2.24) is 14.7 Å². The number of fused-ring (bicyclic) bond motifs is 2. The predicted octanol–water partition coefficient (Wildman–Crippen LogP) is 3.10. The third-order valence-corrected chi connectivity index (χ3v) is 10.5. The van der Waals surface area contributed by atoms with Crippen molar-refractivity contribution in [2.24, 2.45) is 17.8 Å². The molecule has 4 aliphatic rings. The van der Waals surface area contributed by atoms with Crippen LogP contribution in [0.25, 0.3) is 0 Å². The Hall–Kier alpha value is -2.58. The van der Waals surface area contributed by atoms with Crippen molar-refractivity contribution in [2.45, 2.75) is 62.2 Å². The fraction of sp³-hybridized carbons (Fsp3) is 0.567. The lowest BCUT2D eigenvalue weighted by molar-refractivity contribution is -0.148. The normalized spacial score (nSPS) is 33.4. The smallest absolute Gasteiger partial charge is 0.247 e. The van der Waals surface area contributed by atoms with Gasteiger partial charge in [-0.3, -0.25) is 14.4 Å². The fourth-order valence-electron chi connectivity index (χ4n) is 6.95. The van der Waals surface area contributed by atoms with Gasteiger partial charge < -0.3 is 19.8 Å². The van der Waals surface area contributed by atoms with Crippen LogP contribution in [0.1, 0.15) is 39.7 Å². The Morgan fingerprint density at radius 3 is 2.32 bits per heavy atom. The highest BCUT2D eigenvalue weighted by Gasteiger charge is 2.74. The predicted molar refractivity (Wildman–Crippen MR) is 149 cm³/mol. The molecule has 1 N–H and O–H groups in total. The lowest BCUT2D eigenvalue weighted by Gasteiger charge is -2.41. The third-order valence-electron chi connectivity index (χ3n) is 8.69. The van der Waals surface area contributed by atoms with E-state index in [0.29, 0.717) is 26.2 Å². The molecular formula is C30H39N3O4S. The lowest BCUT2D eigenvalue weighted by atomic mass is 9.74. The molecule has 38 heavy (non-hydrogen) atoms.